The molecule has 2 aromatic rings. The molecule has 218 valence electrons. The molecule has 40 heavy (non-hydrogen) atoms. The van der Waals surface area contributed by atoms with Crippen LogP contribution >= 0.6 is 0 Å². The number of benzene rings is 2. The standard InChI is InChI=1S/C32H44N2O6/c1-6-10-11-20-40-26-17-16-23(22-27(26)38-5)29-28(30(35)24-14-12-15-25(21-24)39-9-4)31(36)32(37)34(29)19-13-18-33(7-2)8-3/h12,14-17,21-22,29,35H,6-11,13,18-20H2,1-5H3/b30-28+. The number of hydrogen-bond acceptors (Lipinski definition) is 7. The molecule has 1 unspecified atom stereocenters. The highest BCUT2D eigenvalue weighted by atomic mass is 16.5. The van der Waals surface area contributed by atoms with E-state index in [1.807, 2.05) is 19.1 Å². The molecule has 1 fully saturated rings. The molecule has 1 amide bonds. The van der Waals surface area contributed by atoms with E-state index < -0.39 is 17.7 Å². The lowest BCUT2D eigenvalue weighted by Gasteiger charge is -2.27. The summed E-state index contributed by atoms with van der Waals surface area (Å²) < 4.78 is 17.2. The van der Waals surface area contributed by atoms with Gasteiger partial charge < -0.3 is 29.1 Å². The van der Waals surface area contributed by atoms with Crippen LogP contribution in [0, 0.1) is 0 Å². The molecule has 8 heteroatoms. The van der Waals surface area contributed by atoms with Crippen molar-refractivity contribution in [1.29, 1.82) is 0 Å². The predicted octanol–water partition coefficient (Wildman–Crippen LogP) is 5.82. The molecule has 1 heterocycles. The van der Waals surface area contributed by atoms with Crippen molar-refractivity contribution in [3.8, 4) is 17.2 Å². The molecule has 0 bridgehead atoms. The second kappa shape index (κ2) is 15.3. The molecule has 0 saturated carbocycles. The number of unbranched alkanes of at least 4 members (excludes halogenated alkanes) is 2. The summed E-state index contributed by atoms with van der Waals surface area (Å²) >= 11 is 0. The van der Waals surface area contributed by atoms with Crippen molar-refractivity contribution in [2.45, 2.75) is 59.4 Å². The molecule has 0 radical (unpaired) electrons. The van der Waals surface area contributed by atoms with Crippen LogP contribution < -0.4 is 14.2 Å². The highest BCUT2D eigenvalue weighted by Gasteiger charge is 2.46. The number of aliphatic hydroxyl groups is 1. The number of ketones is 1. The second-order valence-corrected chi connectivity index (χ2v) is 9.80. The van der Waals surface area contributed by atoms with Gasteiger partial charge in [0.2, 0.25) is 0 Å². The third-order valence-corrected chi connectivity index (χ3v) is 7.24. The number of ether oxygens (including phenoxy) is 3. The number of Topliss-reactive ketones (excluding diaryl/α,β-unsaturated/α-hetero) is 1. The van der Waals surface area contributed by atoms with Crippen LogP contribution in [0.4, 0.5) is 0 Å². The van der Waals surface area contributed by atoms with Gasteiger partial charge in [0, 0.05) is 12.1 Å². The van der Waals surface area contributed by atoms with E-state index in [0.717, 1.165) is 38.9 Å². The number of hydrogen-bond donors (Lipinski definition) is 1. The Hall–Kier alpha value is -3.52. The molecule has 1 aliphatic heterocycles. The SMILES string of the molecule is CCCCCOc1ccc(C2/C(=C(\O)c3cccc(OCC)c3)C(=O)C(=O)N2CCCN(CC)CC)cc1OC. The normalized spacial score (nSPS) is 16.6. The summed E-state index contributed by atoms with van der Waals surface area (Å²) in [6, 6.07) is 11.6. The van der Waals surface area contributed by atoms with E-state index >= 15 is 0 Å². The van der Waals surface area contributed by atoms with Crippen LogP contribution in [-0.2, 0) is 9.59 Å². The van der Waals surface area contributed by atoms with Gasteiger partial charge in [0.15, 0.2) is 11.5 Å². The molecule has 8 nitrogen and oxygen atoms in total. The maximum Gasteiger partial charge on any atom is 0.295 e. The topological polar surface area (TPSA) is 88.5 Å². The van der Waals surface area contributed by atoms with Crippen LogP contribution in [0.25, 0.3) is 5.76 Å². The summed E-state index contributed by atoms with van der Waals surface area (Å²) in [6.07, 6.45) is 3.81. The smallest absolute Gasteiger partial charge is 0.295 e. The molecule has 0 spiro atoms. The first-order valence-electron chi connectivity index (χ1n) is 14.4. The Morgan fingerprint density at radius 1 is 0.950 bits per heavy atom. The predicted molar refractivity (Wildman–Crippen MR) is 157 cm³/mol. The molecule has 0 aromatic heterocycles. The van der Waals surface area contributed by atoms with E-state index in [-0.39, 0.29) is 11.3 Å². The first kappa shape index (κ1) is 31.0. The largest absolute Gasteiger partial charge is 0.507 e. The molecule has 1 atom stereocenters. The molecular weight excluding hydrogens is 508 g/mol. The van der Waals surface area contributed by atoms with E-state index in [1.165, 1.54) is 0 Å². The Morgan fingerprint density at radius 2 is 1.73 bits per heavy atom. The number of carbonyl (C=O) groups is 2. The number of amides is 1. The maximum absolute atomic E-state index is 13.5. The van der Waals surface area contributed by atoms with Gasteiger partial charge in [-0.2, -0.15) is 0 Å². The summed E-state index contributed by atoms with van der Waals surface area (Å²) in [4.78, 5) is 30.7. The highest BCUT2D eigenvalue weighted by Crippen LogP contribution is 2.42. The van der Waals surface area contributed by atoms with Crippen LogP contribution in [-0.4, -0.2) is 73.1 Å². The maximum atomic E-state index is 13.5. The molecule has 0 aliphatic carbocycles. The third-order valence-electron chi connectivity index (χ3n) is 7.24. The monoisotopic (exact) mass is 552 g/mol. The van der Waals surface area contributed by atoms with Gasteiger partial charge in [0.25, 0.3) is 11.7 Å². The van der Waals surface area contributed by atoms with Gasteiger partial charge in [0.1, 0.15) is 11.5 Å². The average Bonchev–Trinajstić information content (AvgIpc) is 3.22. The summed E-state index contributed by atoms with van der Waals surface area (Å²) in [5, 5.41) is 11.4. The Labute approximate surface area is 238 Å². The zero-order chi connectivity index (χ0) is 29.1. The van der Waals surface area contributed by atoms with Crippen LogP contribution in [0.1, 0.15) is 70.5 Å². The van der Waals surface area contributed by atoms with Crippen molar-refractivity contribution < 1.29 is 28.9 Å². The van der Waals surface area contributed by atoms with E-state index in [1.54, 1.807) is 42.3 Å². The first-order chi connectivity index (χ1) is 19.4. The van der Waals surface area contributed by atoms with Gasteiger partial charge in [-0.1, -0.05) is 51.8 Å². The lowest BCUT2D eigenvalue weighted by molar-refractivity contribution is -0.140. The number of carbonyl (C=O) groups excluding carboxylic acids is 2. The van der Waals surface area contributed by atoms with E-state index in [4.69, 9.17) is 14.2 Å². The fraction of sp³-hybridized carbons (Fsp3) is 0.500. The number of likely N-dealkylation sites (tertiary alicyclic amines) is 1. The molecule has 2 aromatic carbocycles. The van der Waals surface area contributed by atoms with Gasteiger partial charge in [-0.3, -0.25) is 9.59 Å². The quantitative estimate of drug-likeness (QED) is 0.122. The fourth-order valence-corrected chi connectivity index (χ4v) is 5.02. The van der Waals surface area contributed by atoms with Gasteiger partial charge in [-0.15, -0.1) is 0 Å². The van der Waals surface area contributed by atoms with Crippen molar-refractivity contribution in [1.82, 2.24) is 9.80 Å². The zero-order valence-corrected chi connectivity index (χ0v) is 24.6. The number of aliphatic hydroxyl groups excluding tert-OH is 1. The molecular formula is C32H44N2O6. The van der Waals surface area contributed by atoms with Crippen molar-refractivity contribution >= 4 is 17.4 Å². The Balaban J connectivity index is 2.05. The third kappa shape index (κ3) is 7.36. The van der Waals surface area contributed by atoms with Crippen LogP contribution in [0.5, 0.6) is 17.2 Å². The average molecular weight is 553 g/mol. The zero-order valence-electron chi connectivity index (χ0n) is 24.6. The van der Waals surface area contributed by atoms with Crippen LogP contribution in [0.3, 0.4) is 0 Å². The lowest BCUT2D eigenvalue weighted by Crippen LogP contribution is -2.33. The molecule has 1 N–H and O–H groups in total. The minimum Gasteiger partial charge on any atom is -0.507 e. The summed E-state index contributed by atoms with van der Waals surface area (Å²) in [6.45, 7) is 12.2. The number of nitrogens with zero attached hydrogens (tertiary/aromatic N) is 2. The minimum absolute atomic E-state index is 0.0557. The Kier molecular flexibility index (Phi) is 11.9. The summed E-state index contributed by atoms with van der Waals surface area (Å²) in [5.41, 5.74) is 1.14. The van der Waals surface area contributed by atoms with Gasteiger partial charge in [-0.05, 0) is 69.2 Å². The summed E-state index contributed by atoms with van der Waals surface area (Å²) in [5.74, 6) is 0.140. The second-order valence-electron chi connectivity index (χ2n) is 9.80. The Morgan fingerprint density at radius 3 is 2.40 bits per heavy atom. The van der Waals surface area contributed by atoms with Crippen molar-refractivity contribution in [3.05, 3.63) is 59.2 Å². The van der Waals surface area contributed by atoms with Gasteiger partial charge in [-0.25, -0.2) is 0 Å². The number of methoxy groups -OCH3 is 1. The van der Waals surface area contributed by atoms with E-state index in [9.17, 15) is 14.7 Å². The first-order valence-corrected chi connectivity index (χ1v) is 14.4. The van der Waals surface area contributed by atoms with Gasteiger partial charge >= 0.3 is 0 Å². The van der Waals surface area contributed by atoms with Crippen LogP contribution in [0.15, 0.2) is 48.0 Å². The highest BCUT2D eigenvalue weighted by molar-refractivity contribution is 6.46. The van der Waals surface area contributed by atoms with Crippen LogP contribution in [0.2, 0.25) is 0 Å². The van der Waals surface area contributed by atoms with Crippen molar-refractivity contribution in [2.24, 2.45) is 0 Å². The molecule has 1 saturated heterocycles. The van der Waals surface area contributed by atoms with E-state index in [0.29, 0.717) is 54.6 Å². The Bertz CT molecular complexity index is 1170. The minimum atomic E-state index is -0.768. The van der Waals surface area contributed by atoms with Crippen molar-refractivity contribution in [2.75, 3.05) is 46.5 Å². The van der Waals surface area contributed by atoms with E-state index in [2.05, 4.69) is 25.7 Å². The fourth-order valence-electron chi connectivity index (χ4n) is 5.02. The molecule has 3 rings (SSSR count). The number of rotatable bonds is 16. The summed E-state index contributed by atoms with van der Waals surface area (Å²) in [7, 11) is 1.57. The van der Waals surface area contributed by atoms with Crippen molar-refractivity contribution in [3.63, 3.8) is 0 Å². The van der Waals surface area contributed by atoms with Gasteiger partial charge in [0.05, 0.1) is 31.9 Å². The lowest BCUT2D eigenvalue weighted by atomic mass is 9.95. The molecule has 1 aliphatic rings.